The van der Waals surface area contributed by atoms with E-state index < -0.39 is 15.9 Å². The van der Waals surface area contributed by atoms with Crippen LogP contribution in [-0.2, 0) is 19.6 Å². The highest BCUT2D eigenvalue weighted by molar-refractivity contribution is 7.89. The van der Waals surface area contributed by atoms with Gasteiger partial charge < -0.3 is 20.1 Å². The SMILES string of the molecule is COc1ccc(S(=O)(=O)N2CCCCC2)cc1NC(=O)COc1cccc(NC(=O)C2CC2)c1. The van der Waals surface area contributed by atoms with Crippen LogP contribution in [0.25, 0.3) is 0 Å². The number of carbonyl (C=O) groups is 2. The fraction of sp³-hybridized carbons (Fsp3) is 0.417. The second kappa shape index (κ2) is 10.4. The minimum absolute atomic E-state index is 0.0126. The molecule has 0 atom stereocenters. The predicted molar refractivity (Wildman–Crippen MR) is 128 cm³/mol. The van der Waals surface area contributed by atoms with E-state index in [0.717, 1.165) is 32.1 Å². The third-order valence-electron chi connectivity index (χ3n) is 5.82. The Morgan fingerprint density at radius 1 is 1.03 bits per heavy atom. The van der Waals surface area contributed by atoms with Crippen molar-refractivity contribution in [2.45, 2.75) is 37.0 Å². The number of hydrogen-bond acceptors (Lipinski definition) is 6. The monoisotopic (exact) mass is 487 g/mol. The Morgan fingerprint density at radius 3 is 2.50 bits per heavy atom. The highest BCUT2D eigenvalue weighted by atomic mass is 32.2. The van der Waals surface area contributed by atoms with Crippen molar-refractivity contribution in [1.29, 1.82) is 0 Å². The van der Waals surface area contributed by atoms with Gasteiger partial charge in [0, 0.05) is 30.8 Å². The van der Waals surface area contributed by atoms with Gasteiger partial charge in [0.15, 0.2) is 6.61 Å². The topological polar surface area (TPSA) is 114 Å². The molecule has 182 valence electrons. The average Bonchev–Trinajstić information content (AvgIpc) is 3.69. The van der Waals surface area contributed by atoms with Crippen LogP contribution in [0.2, 0.25) is 0 Å². The van der Waals surface area contributed by atoms with Gasteiger partial charge >= 0.3 is 0 Å². The molecule has 2 amide bonds. The fourth-order valence-electron chi connectivity index (χ4n) is 3.79. The summed E-state index contributed by atoms with van der Waals surface area (Å²) >= 11 is 0. The molecule has 2 fully saturated rings. The maximum atomic E-state index is 13.0. The molecule has 1 saturated carbocycles. The third kappa shape index (κ3) is 5.87. The molecule has 0 unspecified atom stereocenters. The van der Waals surface area contributed by atoms with Crippen molar-refractivity contribution >= 4 is 33.2 Å². The maximum absolute atomic E-state index is 13.0. The second-order valence-corrected chi connectivity index (χ2v) is 10.4. The van der Waals surface area contributed by atoms with Gasteiger partial charge in [-0.15, -0.1) is 0 Å². The number of methoxy groups -OCH3 is 1. The summed E-state index contributed by atoms with van der Waals surface area (Å²) in [5.74, 6) is 0.368. The van der Waals surface area contributed by atoms with Gasteiger partial charge in [-0.1, -0.05) is 12.5 Å². The number of nitrogens with zero attached hydrogens (tertiary/aromatic N) is 1. The van der Waals surface area contributed by atoms with Crippen molar-refractivity contribution in [2.24, 2.45) is 5.92 Å². The molecule has 1 aliphatic carbocycles. The zero-order chi connectivity index (χ0) is 24.1. The van der Waals surface area contributed by atoms with Crippen molar-refractivity contribution in [3.05, 3.63) is 42.5 Å². The lowest BCUT2D eigenvalue weighted by Gasteiger charge is -2.26. The molecule has 0 bridgehead atoms. The minimum Gasteiger partial charge on any atom is -0.495 e. The molecule has 2 aromatic carbocycles. The molecule has 4 rings (SSSR count). The zero-order valence-corrected chi connectivity index (χ0v) is 19.9. The summed E-state index contributed by atoms with van der Waals surface area (Å²) in [7, 11) is -2.21. The molecule has 0 spiro atoms. The standard InChI is InChI=1S/C24H29N3O6S/c1-32-22-11-10-20(34(30,31)27-12-3-2-4-13-27)15-21(22)26-23(28)16-33-19-7-5-6-18(14-19)25-24(29)17-8-9-17/h5-7,10-11,14-15,17H,2-4,8-9,12-13,16H2,1H3,(H,25,29)(H,26,28). The molecule has 2 N–H and O–H groups in total. The number of rotatable bonds is 9. The number of sulfonamides is 1. The first-order chi connectivity index (χ1) is 16.4. The number of nitrogens with one attached hydrogen (secondary N) is 2. The molecular formula is C24H29N3O6S. The second-order valence-electron chi connectivity index (χ2n) is 8.46. The number of piperidine rings is 1. The largest absolute Gasteiger partial charge is 0.495 e. The maximum Gasteiger partial charge on any atom is 0.262 e. The van der Waals surface area contributed by atoms with Crippen LogP contribution in [-0.4, -0.2) is 51.3 Å². The minimum atomic E-state index is -3.66. The van der Waals surface area contributed by atoms with Crippen molar-refractivity contribution in [3.8, 4) is 11.5 Å². The number of amides is 2. The molecule has 0 radical (unpaired) electrons. The Hall–Kier alpha value is -3.11. The Labute approximate surface area is 199 Å². The van der Waals surface area contributed by atoms with E-state index >= 15 is 0 Å². The van der Waals surface area contributed by atoms with Gasteiger partial charge in [-0.2, -0.15) is 4.31 Å². The van der Waals surface area contributed by atoms with Crippen LogP contribution in [0.5, 0.6) is 11.5 Å². The molecule has 2 aromatic rings. The van der Waals surface area contributed by atoms with E-state index in [4.69, 9.17) is 9.47 Å². The quantitative estimate of drug-likeness (QED) is 0.561. The Balaban J connectivity index is 1.40. The molecule has 1 saturated heterocycles. The van der Waals surface area contributed by atoms with Crippen LogP contribution in [0.4, 0.5) is 11.4 Å². The van der Waals surface area contributed by atoms with Gasteiger partial charge in [0.1, 0.15) is 11.5 Å². The molecule has 1 heterocycles. The van der Waals surface area contributed by atoms with Crippen molar-refractivity contribution < 1.29 is 27.5 Å². The summed E-state index contributed by atoms with van der Waals surface area (Å²) in [6, 6.07) is 11.2. The number of hydrogen-bond donors (Lipinski definition) is 2. The number of anilines is 2. The first-order valence-electron chi connectivity index (χ1n) is 11.4. The van der Waals surface area contributed by atoms with E-state index in [-0.39, 0.29) is 29.0 Å². The molecular weight excluding hydrogens is 458 g/mol. The number of carbonyl (C=O) groups excluding carboxylic acids is 2. The summed E-state index contributed by atoms with van der Waals surface area (Å²) in [6.07, 6.45) is 4.51. The average molecular weight is 488 g/mol. The van der Waals surface area contributed by atoms with E-state index in [1.807, 2.05) is 0 Å². The smallest absolute Gasteiger partial charge is 0.262 e. The summed E-state index contributed by atoms with van der Waals surface area (Å²) in [5, 5.41) is 5.51. The lowest BCUT2D eigenvalue weighted by molar-refractivity contribution is -0.118. The Morgan fingerprint density at radius 2 is 1.79 bits per heavy atom. The van der Waals surface area contributed by atoms with Gasteiger partial charge in [-0.25, -0.2) is 8.42 Å². The highest BCUT2D eigenvalue weighted by Crippen LogP contribution is 2.31. The zero-order valence-electron chi connectivity index (χ0n) is 19.1. The van der Waals surface area contributed by atoms with Gasteiger partial charge in [0.25, 0.3) is 5.91 Å². The van der Waals surface area contributed by atoms with Gasteiger partial charge in [-0.3, -0.25) is 9.59 Å². The van der Waals surface area contributed by atoms with Crippen molar-refractivity contribution in [1.82, 2.24) is 4.31 Å². The first-order valence-corrected chi connectivity index (χ1v) is 12.8. The van der Waals surface area contributed by atoms with Crippen LogP contribution in [0.15, 0.2) is 47.4 Å². The molecule has 34 heavy (non-hydrogen) atoms. The van der Waals surface area contributed by atoms with E-state index in [1.165, 1.54) is 29.6 Å². The van der Waals surface area contributed by atoms with E-state index in [0.29, 0.717) is 30.3 Å². The third-order valence-corrected chi connectivity index (χ3v) is 7.71. The number of benzene rings is 2. The summed E-state index contributed by atoms with van der Waals surface area (Å²) in [6.45, 7) is 0.681. The molecule has 0 aromatic heterocycles. The molecule has 9 nitrogen and oxygen atoms in total. The molecule has 1 aliphatic heterocycles. The molecule has 10 heteroatoms. The van der Waals surface area contributed by atoms with Crippen LogP contribution in [0.1, 0.15) is 32.1 Å². The predicted octanol–water partition coefficient (Wildman–Crippen LogP) is 3.24. The Bertz CT molecular complexity index is 1160. The van der Waals surface area contributed by atoms with Gasteiger partial charge in [0.2, 0.25) is 15.9 Å². The summed E-state index contributed by atoms with van der Waals surface area (Å²) in [4.78, 5) is 24.6. The normalized spacial score (nSPS) is 16.5. The van der Waals surface area contributed by atoms with Gasteiger partial charge in [-0.05, 0) is 56.0 Å². The summed E-state index contributed by atoms with van der Waals surface area (Å²) < 4.78 is 38.4. The van der Waals surface area contributed by atoms with Crippen molar-refractivity contribution in [3.63, 3.8) is 0 Å². The van der Waals surface area contributed by atoms with Crippen LogP contribution >= 0.6 is 0 Å². The Kier molecular flexibility index (Phi) is 7.38. The lowest BCUT2D eigenvalue weighted by atomic mass is 10.2. The van der Waals surface area contributed by atoms with Crippen molar-refractivity contribution in [2.75, 3.05) is 37.4 Å². The number of ether oxygens (including phenoxy) is 2. The molecule has 2 aliphatic rings. The fourth-order valence-corrected chi connectivity index (χ4v) is 5.33. The lowest BCUT2D eigenvalue weighted by Crippen LogP contribution is -2.35. The summed E-state index contributed by atoms with van der Waals surface area (Å²) in [5.41, 5.74) is 0.853. The van der Waals surface area contributed by atoms with Crippen LogP contribution in [0, 0.1) is 5.92 Å². The van der Waals surface area contributed by atoms with Crippen LogP contribution < -0.4 is 20.1 Å². The van der Waals surface area contributed by atoms with E-state index in [2.05, 4.69) is 10.6 Å². The van der Waals surface area contributed by atoms with E-state index in [1.54, 1.807) is 24.3 Å². The van der Waals surface area contributed by atoms with E-state index in [9.17, 15) is 18.0 Å². The first kappa shape index (κ1) is 24.0. The van der Waals surface area contributed by atoms with Gasteiger partial charge in [0.05, 0.1) is 17.7 Å². The van der Waals surface area contributed by atoms with Crippen LogP contribution in [0.3, 0.4) is 0 Å². The highest BCUT2D eigenvalue weighted by Gasteiger charge is 2.29.